The topological polar surface area (TPSA) is 81.9 Å². The molecule has 5 rings (SSSR count). The molecule has 0 aromatic carbocycles. The van der Waals surface area contributed by atoms with Crippen LogP contribution in [0.1, 0.15) is 45.7 Å². The number of amides is 1. The molecule has 1 aliphatic rings. The van der Waals surface area contributed by atoms with Gasteiger partial charge in [0.2, 0.25) is 0 Å². The van der Waals surface area contributed by atoms with E-state index >= 15 is 0 Å². The number of nitrogens with zero attached hydrogens (tertiary/aromatic N) is 4. The molecule has 0 unspecified atom stereocenters. The summed E-state index contributed by atoms with van der Waals surface area (Å²) in [5.41, 5.74) is 3.75. The number of nitrogens with one attached hydrogen (secondary N) is 1. The van der Waals surface area contributed by atoms with E-state index < -0.39 is 0 Å². The van der Waals surface area contributed by atoms with Crippen molar-refractivity contribution in [1.82, 2.24) is 19.5 Å². The Morgan fingerprint density at radius 1 is 1.19 bits per heavy atom. The Kier molecular flexibility index (Phi) is 5.21. The van der Waals surface area contributed by atoms with Crippen molar-refractivity contribution >= 4 is 22.4 Å². The Morgan fingerprint density at radius 3 is 2.81 bits per heavy atom. The Hall–Kier alpha value is -3.52. The molecule has 1 aliphatic carbocycles. The van der Waals surface area contributed by atoms with Crippen molar-refractivity contribution in [2.75, 3.05) is 12.4 Å². The van der Waals surface area contributed by atoms with Gasteiger partial charge in [-0.15, -0.1) is 11.3 Å². The third-order valence-electron chi connectivity index (χ3n) is 5.45. The maximum Gasteiger partial charge on any atom is 0.274 e. The first-order valence-corrected chi connectivity index (χ1v) is 10.9. The second kappa shape index (κ2) is 8.31. The van der Waals surface area contributed by atoms with Gasteiger partial charge < -0.3 is 9.30 Å². The van der Waals surface area contributed by atoms with Crippen LogP contribution in [0.25, 0.3) is 0 Å². The van der Waals surface area contributed by atoms with Crippen molar-refractivity contribution in [2.24, 2.45) is 0 Å². The molecule has 0 radical (unpaired) electrons. The van der Waals surface area contributed by atoms with E-state index in [4.69, 9.17) is 4.74 Å². The number of carbonyl (C=O) groups excluding carboxylic acids is 1. The number of carbonyl (C=O) groups is 1. The minimum absolute atomic E-state index is 0.163. The molecule has 4 aromatic heterocycles. The molecule has 1 fully saturated rings. The van der Waals surface area contributed by atoms with Crippen LogP contribution in [0.4, 0.5) is 5.13 Å². The summed E-state index contributed by atoms with van der Waals surface area (Å²) in [5.74, 6) is 1.31. The third-order valence-corrected chi connectivity index (χ3v) is 6.23. The van der Waals surface area contributed by atoms with E-state index in [1.807, 2.05) is 52.5 Å². The minimum atomic E-state index is -0.163. The van der Waals surface area contributed by atoms with Gasteiger partial charge >= 0.3 is 0 Å². The molecule has 0 bridgehead atoms. The number of hydrogen-bond acceptors (Lipinski definition) is 6. The molecule has 8 heteroatoms. The summed E-state index contributed by atoms with van der Waals surface area (Å²) in [6, 6.07) is 11.5. The van der Waals surface area contributed by atoms with Crippen LogP contribution in [-0.2, 0) is 6.54 Å². The van der Waals surface area contributed by atoms with Gasteiger partial charge in [0.25, 0.3) is 5.91 Å². The highest BCUT2D eigenvalue weighted by Gasteiger charge is 2.42. The van der Waals surface area contributed by atoms with Gasteiger partial charge in [-0.3, -0.25) is 20.1 Å². The van der Waals surface area contributed by atoms with Crippen LogP contribution in [0.15, 0.2) is 66.6 Å². The van der Waals surface area contributed by atoms with Crippen LogP contribution < -0.4 is 10.1 Å². The molecule has 4 aromatic rings. The lowest BCUT2D eigenvalue weighted by Crippen LogP contribution is -2.17. The van der Waals surface area contributed by atoms with E-state index in [2.05, 4.69) is 20.3 Å². The average molecular weight is 432 g/mol. The highest BCUT2D eigenvalue weighted by molar-refractivity contribution is 7.14. The second-order valence-electron chi connectivity index (χ2n) is 7.48. The van der Waals surface area contributed by atoms with E-state index in [0.717, 1.165) is 29.1 Å². The number of methoxy groups -OCH3 is 1. The molecule has 1 N–H and O–H groups in total. The zero-order chi connectivity index (χ0) is 21.2. The molecular weight excluding hydrogens is 410 g/mol. The molecule has 0 spiro atoms. The molecule has 1 saturated carbocycles. The summed E-state index contributed by atoms with van der Waals surface area (Å²) >= 11 is 1.46. The smallest absolute Gasteiger partial charge is 0.274 e. The van der Waals surface area contributed by atoms with Gasteiger partial charge in [0.15, 0.2) is 5.13 Å². The zero-order valence-electron chi connectivity index (χ0n) is 16.9. The number of pyridine rings is 2. The standard InChI is InChI=1S/C23H21N5O2S/c1-30-16-4-5-19(25-12-16)17-11-18(17)20-14-31-23(26-20)27-22(29)21-3-2-10-28(21)13-15-6-8-24-9-7-15/h2-10,12,14,17-18H,11,13H2,1H3,(H,26,27,29)/t17-,18-/m1/s1. The molecule has 31 heavy (non-hydrogen) atoms. The van der Waals surface area contributed by atoms with Crippen LogP contribution in [0.3, 0.4) is 0 Å². The summed E-state index contributed by atoms with van der Waals surface area (Å²) in [7, 11) is 1.64. The Labute approximate surface area is 183 Å². The van der Waals surface area contributed by atoms with Crippen molar-refractivity contribution in [1.29, 1.82) is 0 Å². The third kappa shape index (κ3) is 4.20. The summed E-state index contributed by atoms with van der Waals surface area (Å²) in [6.07, 6.45) is 8.17. The maximum absolute atomic E-state index is 12.8. The molecule has 1 amide bonds. The van der Waals surface area contributed by atoms with Crippen molar-refractivity contribution in [3.63, 3.8) is 0 Å². The van der Waals surface area contributed by atoms with Crippen LogP contribution >= 0.6 is 11.3 Å². The maximum atomic E-state index is 12.8. The molecule has 0 saturated heterocycles. The van der Waals surface area contributed by atoms with Crippen LogP contribution in [0, 0.1) is 0 Å². The number of rotatable bonds is 7. The lowest BCUT2D eigenvalue weighted by molar-refractivity contribution is 0.101. The zero-order valence-corrected chi connectivity index (χ0v) is 17.7. The first kappa shape index (κ1) is 19.4. The van der Waals surface area contributed by atoms with Gasteiger partial charge in [-0.05, 0) is 48.4 Å². The Morgan fingerprint density at radius 2 is 2.03 bits per heavy atom. The minimum Gasteiger partial charge on any atom is -0.495 e. The number of thiazole rings is 1. The van der Waals surface area contributed by atoms with Gasteiger partial charge in [-0.1, -0.05) is 0 Å². The SMILES string of the molecule is COc1ccc([C@@H]2C[C@H]2c2csc(NC(=O)c3cccn3Cc3ccncc3)n2)nc1. The summed E-state index contributed by atoms with van der Waals surface area (Å²) in [4.78, 5) is 26.0. The first-order chi connectivity index (χ1) is 15.2. The molecule has 4 heterocycles. The summed E-state index contributed by atoms with van der Waals surface area (Å²) in [5, 5.41) is 5.59. The van der Waals surface area contributed by atoms with Crippen molar-refractivity contribution in [2.45, 2.75) is 24.8 Å². The summed E-state index contributed by atoms with van der Waals surface area (Å²) < 4.78 is 7.10. The van der Waals surface area contributed by atoms with E-state index in [1.54, 1.807) is 25.7 Å². The van der Waals surface area contributed by atoms with Gasteiger partial charge in [0.1, 0.15) is 11.4 Å². The highest BCUT2D eigenvalue weighted by Crippen LogP contribution is 2.54. The number of anilines is 1. The monoisotopic (exact) mass is 431 g/mol. The average Bonchev–Trinajstić information content (AvgIpc) is 3.22. The molecule has 7 nitrogen and oxygen atoms in total. The fourth-order valence-electron chi connectivity index (χ4n) is 3.70. The predicted molar refractivity (Wildman–Crippen MR) is 119 cm³/mol. The van der Waals surface area contributed by atoms with Gasteiger partial charge in [0, 0.05) is 48.0 Å². The first-order valence-electron chi connectivity index (χ1n) is 10.0. The van der Waals surface area contributed by atoms with E-state index in [9.17, 15) is 4.79 Å². The number of ether oxygens (including phenoxy) is 1. The van der Waals surface area contributed by atoms with E-state index in [1.165, 1.54) is 11.3 Å². The van der Waals surface area contributed by atoms with Crippen LogP contribution in [-0.4, -0.2) is 32.5 Å². The molecule has 0 aliphatic heterocycles. The van der Waals surface area contributed by atoms with Crippen LogP contribution in [0.2, 0.25) is 0 Å². The number of aromatic nitrogens is 4. The van der Waals surface area contributed by atoms with Gasteiger partial charge in [0.05, 0.1) is 19.0 Å². The summed E-state index contributed by atoms with van der Waals surface area (Å²) in [6.45, 7) is 0.611. The van der Waals surface area contributed by atoms with Gasteiger partial charge in [-0.25, -0.2) is 4.98 Å². The molecule has 2 atom stereocenters. The lowest BCUT2D eigenvalue weighted by Gasteiger charge is -2.08. The fourth-order valence-corrected chi connectivity index (χ4v) is 4.47. The second-order valence-corrected chi connectivity index (χ2v) is 8.34. The predicted octanol–water partition coefficient (Wildman–Crippen LogP) is 4.31. The van der Waals surface area contributed by atoms with E-state index in [-0.39, 0.29) is 5.91 Å². The van der Waals surface area contributed by atoms with Crippen molar-refractivity contribution in [3.8, 4) is 5.75 Å². The Balaban J connectivity index is 1.23. The van der Waals surface area contributed by atoms with Gasteiger partial charge in [-0.2, -0.15) is 0 Å². The lowest BCUT2D eigenvalue weighted by atomic mass is 10.2. The molecule has 156 valence electrons. The van der Waals surface area contributed by atoms with E-state index in [0.29, 0.717) is 29.2 Å². The molecular formula is C23H21N5O2S. The quantitative estimate of drug-likeness (QED) is 0.471. The van der Waals surface area contributed by atoms with Crippen LogP contribution in [0.5, 0.6) is 5.75 Å². The van der Waals surface area contributed by atoms with Crippen molar-refractivity contribution in [3.05, 3.63) is 89.2 Å². The fraction of sp³-hybridized carbons (Fsp3) is 0.217. The van der Waals surface area contributed by atoms with Crippen molar-refractivity contribution < 1.29 is 9.53 Å². The largest absolute Gasteiger partial charge is 0.495 e. The highest BCUT2D eigenvalue weighted by atomic mass is 32.1. The number of hydrogen-bond donors (Lipinski definition) is 1. The normalized spacial score (nSPS) is 17.3. The Bertz CT molecular complexity index is 1190.